The summed E-state index contributed by atoms with van der Waals surface area (Å²) in [7, 11) is 3.36. The van der Waals surface area contributed by atoms with Gasteiger partial charge in [0, 0.05) is 63.1 Å². The van der Waals surface area contributed by atoms with Gasteiger partial charge in [-0.3, -0.25) is 38.7 Å². The van der Waals surface area contributed by atoms with Gasteiger partial charge in [0.05, 0.1) is 24.5 Å². The van der Waals surface area contributed by atoms with Crippen LogP contribution in [-0.4, -0.2) is 142 Å². The van der Waals surface area contributed by atoms with E-state index < -0.39 is 24.2 Å². The smallest absolute Gasteiger partial charge is 0.271 e. The predicted octanol–water partition coefficient (Wildman–Crippen LogP) is -0.0656. The molecule has 2 fully saturated rings. The molecule has 2 aliphatic heterocycles. The SMILES string of the molecule is CN[C@@H](C)C(=O)N[C@@H](CCCCCC[C@H](NC(=O)[C@H](C)NC)C(=O)N1CCC[C@H]1CNC(=O)c1cnccn1)C(=O)N1CCC[C@H]1CNC(=O)c1cnccn1. The minimum atomic E-state index is -0.743. The number of likely N-dealkylation sites (N-methyl/N-ethyl adjacent to an activating group) is 2. The van der Waals surface area contributed by atoms with Gasteiger partial charge in [-0.15, -0.1) is 0 Å². The molecule has 2 aromatic rings. The lowest BCUT2D eigenvalue weighted by atomic mass is 10.0. The van der Waals surface area contributed by atoms with Crippen molar-refractivity contribution in [3.05, 3.63) is 48.6 Å². The number of likely N-dealkylation sites (tertiary alicyclic amines) is 2. The number of hydrogen-bond donors (Lipinski definition) is 6. The lowest BCUT2D eigenvalue weighted by Crippen LogP contribution is -2.54. The first-order chi connectivity index (χ1) is 27.0. The second-order valence-corrected chi connectivity index (χ2v) is 14.4. The molecule has 4 rings (SSSR count). The number of rotatable bonds is 21. The van der Waals surface area contributed by atoms with Gasteiger partial charge in [-0.05, 0) is 66.5 Å². The number of amides is 6. The summed E-state index contributed by atoms with van der Waals surface area (Å²) in [6.07, 6.45) is 15.3. The Bertz CT molecular complexity index is 1480. The Hall–Kier alpha value is -5.10. The third-order valence-corrected chi connectivity index (χ3v) is 10.5. The molecule has 0 unspecified atom stereocenters. The lowest BCUT2D eigenvalue weighted by Gasteiger charge is -2.30. The molecule has 6 N–H and O–H groups in total. The molecule has 0 radical (unpaired) electrons. The monoisotopic (exact) mass is 778 g/mol. The average Bonchev–Trinajstić information content (AvgIpc) is 3.91. The van der Waals surface area contributed by atoms with Gasteiger partial charge in [-0.25, -0.2) is 9.97 Å². The molecular weight excluding hydrogens is 720 g/mol. The second-order valence-electron chi connectivity index (χ2n) is 14.4. The summed E-state index contributed by atoms with van der Waals surface area (Å²) in [4.78, 5) is 98.4. The first-order valence-electron chi connectivity index (χ1n) is 19.7. The van der Waals surface area contributed by atoms with Gasteiger partial charge in [0.1, 0.15) is 23.5 Å². The molecule has 0 bridgehead atoms. The first kappa shape index (κ1) is 43.6. The summed E-state index contributed by atoms with van der Waals surface area (Å²) in [6, 6.07) is -2.91. The summed E-state index contributed by atoms with van der Waals surface area (Å²) in [6.45, 7) is 5.02. The molecule has 0 aromatic carbocycles. The summed E-state index contributed by atoms with van der Waals surface area (Å²) in [5.74, 6) is -1.66. The van der Waals surface area contributed by atoms with E-state index in [0.717, 1.165) is 38.5 Å². The summed E-state index contributed by atoms with van der Waals surface area (Å²) in [5, 5.41) is 17.5. The zero-order chi connectivity index (χ0) is 40.5. The molecule has 306 valence electrons. The highest BCUT2D eigenvalue weighted by atomic mass is 16.2. The number of nitrogens with one attached hydrogen (secondary N) is 6. The maximum absolute atomic E-state index is 13.9. The minimum absolute atomic E-state index is 0.182. The van der Waals surface area contributed by atoms with E-state index in [9.17, 15) is 28.8 Å². The molecule has 6 amide bonds. The first-order valence-corrected chi connectivity index (χ1v) is 19.7. The second kappa shape index (κ2) is 22.5. The highest BCUT2D eigenvalue weighted by Gasteiger charge is 2.36. The molecular formula is C38H58N12O6. The normalized spacial score (nSPS) is 18.7. The van der Waals surface area contributed by atoms with Crippen molar-refractivity contribution in [1.82, 2.24) is 61.6 Å². The summed E-state index contributed by atoms with van der Waals surface area (Å²) < 4.78 is 0. The third-order valence-electron chi connectivity index (χ3n) is 10.5. The third kappa shape index (κ3) is 12.7. The Morgan fingerprint density at radius 3 is 1.41 bits per heavy atom. The summed E-state index contributed by atoms with van der Waals surface area (Å²) >= 11 is 0. The van der Waals surface area contributed by atoms with Crippen LogP contribution in [0.5, 0.6) is 0 Å². The van der Waals surface area contributed by atoms with E-state index in [0.29, 0.717) is 38.8 Å². The van der Waals surface area contributed by atoms with E-state index in [1.165, 1.54) is 37.2 Å². The van der Waals surface area contributed by atoms with E-state index in [2.05, 4.69) is 51.8 Å². The summed E-state index contributed by atoms with van der Waals surface area (Å²) in [5.41, 5.74) is 0.391. The fourth-order valence-corrected chi connectivity index (χ4v) is 6.93. The molecule has 2 saturated heterocycles. The van der Waals surface area contributed by atoms with Crippen molar-refractivity contribution >= 4 is 35.4 Å². The molecule has 56 heavy (non-hydrogen) atoms. The predicted molar refractivity (Wildman–Crippen MR) is 207 cm³/mol. The molecule has 2 aromatic heterocycles. The van der Waals surface area contributed by atoms with Crippen LogP contribution in [0, 0.1) is 0 Å². The Labute approximate surface area is 328 Å². The van der Waals surface area contributed by atoms with E-state index in [-0.39, 0.29) is 72.0 Å². The number of unbranched alkanes of at least 4 members (excludes halogenated alkanes) is 3. The van der Waals surface area contributed by atoms with Gasteiger partial charge in [-0.2, -0.15) is 0 Å². The minimum Gasteiger partial charge on any atom is -0.349 e. The van der Waals surface area contributed by atoms with Crippen molar-refractivity contribution in [2.24, 2.45) is 0 Å². The topological polar surface area (TPSA) is 233 Å². The van der Waals surface area contributed by atoms with E-state index in [1.807, 2.05) is 0 Å². The zero-order valence-corrected chi connectivity index (χ0v) is 33.0. The van der Waals surface area contributed by atoms with E-state index >= 15 is 0 Å². The van der Waals surface area contributed by atoms with Crippen molar-refractivity contribution < 1.29 is 28.8 Å². The maximum atomic E-state index is 13.9. The molecule has 18 heteroatoms. The molecule has 18 nitrogen and oxygen atoms in total. The van der Waals surface area contributed by atoms with Crippen LogP contribution in [0.3, 0.4) is 0 Å². The van der Waals surface area contributed by atoms with Crippen molar-refractivity contribution in [2.75, 3.05) is 40.3 Å². The van der Waals surface area contributed by atoms with Crippen molar-refractivity contribution in [3.8, 4) is 0 Å². The number of nitrogens with zero attached hydrogens (tertiary/aromatic N) is 6. The van der Waals surface area contributed by atoms with Crippen LogP contribution in [-0.2, 0) is 19.2 Å². The van der Waals surface area contributed by atoms with Crippen molar-refractivity contribution in [3.63, 3.8) is 0 Å². The van der Waals surface area contributed by atoms with E-state index in [4.69, 9.17) is 0 Å². The van der Waals surface area contributed by atoms with Gasteiger partial charge < -0.3 is 41.7 Å². The van der Waals surface area contributed by atoms with Crippen LogP contribution in [0.15, 0.2) is 37.2 Å². The van der Waals surface area contributed by atoms with Crippen molar-refractivity contribution in [1.29, 1.82) is 0 Å². The lowest BCUT2D eigenvalue weighted by molar-refractivity contribution is -0.137. The highest BCUT2D eigenvalue weighted by molar-refractivity contribution is 5.93. The largest absolute Gasteiger partial charge is 0.349 e. The fraction of sp³-hybridized carbons (Fsp3) is 0.632. The molecule has 2 aliphatic rings. The van der Waals surface area contributed by atoms with Crippen LogP contribution in [0.1, 0.15) is 99.0 Å². The van der Waals surface area contributed by atoms with Gasteiger partial charge in [0.15, 0.2) is 0 Å². The molecule has 0 saturated carbocycles. The Morgan fingerprint density at radius 1 is 0.643 bits per heavy atom. The van der Waals surface area contributed by atoms with Crippen LogP contribution in [0.2, 0.25) is 0 Å². The van der Waals surface area contributed by atoms with E-state index in [1.54, 1.807) is 37.7 Å². The van der Waals surface area contributed by atoms with Crippen LogP contribution in [0.25, 0.3) is 0 Å². The van der Waals surface area contributed by atoms with Gasteiger partial charge in [0.25, 0.3) is 11.8 Å². The highest BCUT2D eigenvalue weighted by Crippen LogP contribution is 2.22. The molecule has 6 atom stereocenters. The Balaban J connectivity index is 1.31. The molecule has 0 spiro atoms. The average molecular weight is 779 g/mol. The molecule has 0 aliphatic carbocycles. The van der Waals surface area contributed by atoms with Gasteiger partial charge >= 0.3 is 0 Å². The zero-order valence-electron chi connectivity index (χ0n) is 33.0. The fourth-order valence-electron chi connectivity index (χ4n) is 6.93. The van der Waals surface area contributed by atoms with Crippen molar-refractivity contribution in [2.45, 2.75) is 114 Å². The maximum Gasteiger partial charge on any atom is 0.271 e. The number of carbonyl (C=O) groups excluding carboxylic acids is 6. The number of hydrogen-bond acceptors (Lipinski definition) is 12. The number of aromatic nitrogens is 4. The van der Waals surface area contributed by atoms with Crippen LogP contribution in [0.4, 0.5) is 0 Å². The quantitative estimate of drug-likeness (QED) is 0.0916. The van der Waals surface area contributed by atoms with Crippen LogP contribution < -0.4 is 31.9 Å². The van der Waals surface area contributed by atoms with Gasteiger partial charge in [-0.1, -0.05) is 25.7 Å². The van der Waals surface area contributed by atoms with Gasteiger partial charge in [0.2, 0.25) is 23.6 Å². The molecule has 4 heterocycles. The Kier molecular flexibility index (Phi) is 17.5. The standard InChI is InChI=1S/C38H58N12O6/c1-25(39-3)33(51)47-29(37(55)49-19-9-11-27(49)21-45-35(53)31-23-41-15-17-43-31)13-7-5-6-8-14-30(48-34(52)26(2)40-4)38(56)50-20-10-12-28(50)22-46-36(54)32-24-42-16-18-44-32/h15-18,23-30,39-40H,5-14,19-22H2,1-4H3,(H,45,53)(H,46,54)(H,47,51)(H,48,52)/t25-,26-,27-,28-,29-,30-/m0/s1. The Morgan fingerprint density at radius 2 is 1.05 bits per heavy atom. The number of carbonyl (C=O) groups is 6. The van der Waals surface area contributed by atoms with Crippen LogP contribution >= 0.6 is 0 Å².